The molecule has 1 unspecified atom stereocenters. The van der Waals surface area contributed by atoms with Crippen LogP contribution in [-0.2, 0) is 9.59 Å². The van der Waals surface area contributed by atoms with Crippen LogP contribution in [-0.4, -0.2) is 34.4 Å². The van der Waals surface area contributed by atoms with Crippen LogP contribution in [0.3, 0.4) is 0 Å². The molecule has 1 saturated heterocycles. The van der Waals surface area contributed by atoms with Gasteiger partial charge in [0.2, 0.25) is 17.1 Å². The van der Waals surface area contributed by atoms with Crippen molar-refractivity contribution in [2.24, 2.45) is 0 Å². The zero-order valence-corrected chi connectivity index (χ0v) is 9.94. The maximum atomic E-state index is 11.7. The number of halogens is 1. The van der Waals surface area contributed by atoms with Crippen molar-refractivity contribution in [2.75, 3.05) is 11.4 Å². The molecule has 0 saturated carbocycles. The molecular weight excluding hydrogens is 244 g/mol. The Balaban J connectivity index is 2.34. The Morgan fingerprint density at radius 1 is 1.59 bits per heavy atom. The summed E-state index contributed by atoms with van der Waals surface area (Å²) in [6, 6.07) is 1.22. The zero-order chi connectivity index (χ0) is 12.4. The molecule has 1 aliphatic heterocycles. The quantitative estimate of drug-likeness (QED) is 0.610. The van der Waals surface area contributed by atoms with Crippen LogP contribution in [0, 0.1) is 0 Å². The lowest BCUT2D eigenvalue weighted by molar-refractivity contribution is -0.132. The first-order valence-electron chi connectivity index (χ1n) is 5.20. The lowest BCUT2D eigenvalue weighted by Gasteiger charge is -2.34. The molecule has 2 rings (SSSR count). The van der Waals surface area contributed by atoms with Crippen molar-refractivity contribution in [1.29, 1.82) is 0 Å². The van der Waals surface area contributed by atoms with Gasteiger partial charge >= 0.3 is 0 Å². The molecule has 7 heteroatoms. The first kappa shape index (κ1) is 11.8. The second-order valence-corrected chi connectivity index (χ2v) is 3.99. The largest absolute Gasteiger partial charge is 0.335 e. The number of carbonyl (C=O) groups is 2. The number of piperazine rings is 1. The topological polar surface area (TPSA) is 75.2 Å². The summed E-state index contributed by atoms with van der Waals surface area (Å²) in [5, 5.41) is 2.39. The van der Waals surface area contributed by atoms with Crippen molar-refractivity contribution in [1.82, 2.24) is 15.3 Å². The SMILES string of the molecule is CCC1C(=O)NC(=O)CN1c1ccnc(Cl)n1. The number of aromatic nitrogens is 2. The highest BCUT2D eigenvalue weighted by molar-refractivity contribution is 6.28. The molecule has 2 amide bonds. The average molecular weight is 255 g/mol. The Hall–Kier alpha value is -1.69. The molecule has 1 N–H and O–H groups in total. The number of hydrogen-bond donors (Lipinski definition) is 1. The lowest BCUT2D eigenvalue weighted by Crippen LogP contribution is -2.58. The summed E-state index contributed by atoms with van der Waals surface area (Å²) < 4.78 is 0. The first-order valence-corrected chi connectivity index (χ1v) is 5.58. The Bertz CT molecular complexity index is 465. The van der Waals surface area contributed by atoms with Gasteiger partial charge in [-0.3, -0.25) is 14.9 Å². The summed E-state index contributed by atoms with van der Waals surface area (Å²) in [5.41, 5.74) is 0. The summed E-state index contributed by atoms with van der Waals surface area (Å²) in [4.78, 5) is 32.4. The molecule has 0 spiro atoms. The van der Waals surface area contributed by atoms with E-state index in [0.29, 0.717) is 12.2 Å². The number of anilines is 1. The monoisotopic (exact) mass is 254 g/mol. The molecule has 0 aliphatic carbocycles. The third kappa shape index (κ3) is 2.36. The van der Waals surface area contributed by atoms with Crippen LogP contribution in [0.15, 0.2) is 12.3 Å². The minimum atomic E-state index is -0.404. The van der Waals surface area contributed by atoms with Crippen molar-refractivity contribution in [3.63, 3.8) is 0 Å². The normalized spacial score (nSPS) is 20.4. The highest BCUT2D eigenvalue weighted by atomic mass is 35.5. The predicted octanol–water partition coefficient (Wildman–Crippen LogP) is 0.371. The molecule has 2 heterocycles. The summed E-state index contributed by atoms with van der Waals surface area (Å²) in [6.45, 7) is 1.97. The summed E-state index contributed by atoms with van der Waals surface area (Å²) in [5.74, 6) is -0.159. The maximum absolute atomic E-state index is 11.7. The van der Waals surface area contributed by atoms with Crippen LogP contribution in [0.4, 0.5) is 5.82 Å². The molecular formula is C10H11ClN4O2. The van der Waals surface area contributed by atoms with E-state index in [1.807, 2.05) is 6.92 Å². The maximum Gasteiger partial charge on any atom is 0.249 e. The Morgan fingerprint density at radius 2 is 2.35 bits per heavy atom. The number of amides is 2. The van der Waals surface area contributed by atoms with Gasteiger partial charge in [0, 0.05) is 6.20 Å². The van der Waals surface area contributed by atoms with Gasteiger partial charge in [-0.2, -0.15) is 0 Å². The van der Waals surface area contributed by atoms with Crippen LogP contribution in [0.25, 0.3) is 0 Å². The fourth-order valence-corrected chi connectivity index (χ4v) is 1.94. The highest BCUT2D eigenvalue weighted by Crippen LogP contribution is 2.19. The van der Waals surface area contributed by atoms with Gasteiger partial charge in [-0.05, 0) is 24.1 Å². The standard InChI is InChI=1S/C10H11ClN4O2/c1-2-6-9(17)14-8(16)5-15(6)7-3-4-12-10(11)13-7/h3-4,6H,2,5H2,1H3,(H,14,16,17). The molecule has 0 bridgehead atoms. The number of imide groups is 1. The average Bonchev–Trinajstić information content (AvgIpc) is 2.28. The molecule has 6 nitrogen and oxygen atoms in total. The van der Waals surface area contributed by atoms with Gasteiger partial charge in [-0.15, -0.1) is 0 Å². The van der Waals surface area contributed by atoms with E-state index in [4.69, 9.17) is 11.6 Å². The fourth-order valence-electron chi connectivity index (χ4n) is 1.80. The second-order valence-electron chi connectivity index (χ2n) is 3.65. The third-order valence-electron chi connectivity index (χ3n) is 2.55. The Morgan fingerprint density at radius 3 is 3.00 bits per heavy atom. The van der Waals surface area contributed by atoms with Crippen molar-refractivity contribution in [3.8, 4) is 0 Å². The van der Waals surface area contributed by atoms with E-state index in [2.05, 4.69) is 15.3 Å². The van der Waals surface area contributed by atoms with Crippen molar-refractivity contribution >= 4 is 29.2 Å². The molecule has 90 valence electrons. The van der Waals surface area contributed by atoms with E-state index >= 15 is 0 Å². The fraction of sp³-hybridized carbons (Fsp3) is 0.400. The summed E-state index contributed by atoms with van der Waals surface area (Å²) >= 11 is 5.69. The summed E-state index contributed by atoms with van der Waals surface area (Å²) in [7, 11) is 0. The van der Waals surface area contributed by atoms with E-state index in [-0.39, 0.29) is 23.6 Å². The third-order valence-corrected chi connectivity index (χ3v) is 2.73. The van der Waals surface area contributed by atoms with Gasteiger partial charge in [0.15, 0.2) is 0 Å². The van der Waals surface area contributed by atoms with E-state index in [0.717, 1.165) is 0 Å². The van der Waals surface area contributed by atoms with E-state index in [1.54, 1.807) is 11.0 Å². The predicted molar refractivity (Wildman–Crippen MR) is 61.6 cm³/mol. The van der Waals surface area contributed by atoms with Gasteiger partial charge in [-0.1, -0.05) is 6.92 Å². The Kier molecular flexibility index (Phi) is 3.23. The lowest BCUT2D eigenvalue weighted by atomic mass is 10.1. The highest BCUT2D eigenvalue weighted by Gasteiger charge is 2.33. The van der Waals surface area contributed by atoms with Gasteiger partial charge in [0.25, 0.3) is 0 Å². The van der Waals surface area contributed by atoms with E-state index in [1.165, 1.54) is 6.20 Å². The number of rotatable bonds is 2. The second kappa shape index (κ2) is 4.67. The molecule has 0 radical (unpaired) electrons. The molecule has 17 heavy (non-hydrogen) atoms. The smallest absolute Gasteiger partial charge is 0.249 e. The van der Waals surface area contributed by atoms with Crippen LogP contribution >= 0.6 is 11.6 Å². The minimum Gasteiger partial charge on any atom is -0.335 e. The molecule has 1 aromatic rings. The van der Waals surface area contributed by atoms with Crippen LogP contribution < -0.4 is 10.2 Å². The van der Waals surface area contributed by atoms with Crippen LogP contribution in [0.2, 0.25) is 5.28 Å². The van der Waals surface area contributed by atoms with Crippen LogP contribution in [0.1, 0.15) is 13.3 Å². The first-order chi connectivity index (χ1) is 8.11. The number of hydrogen-bond acceptors (Lipinski definition) is 5. The van der Waals surface area contributed by atoms with E-state index in [9.17, 15) is 9.59 Å². The van der Waals surface area contributed by atoms with Gasteiger partial charge in [-0.25, -0.2) is 9.97 Å². The minimum absolute atomic E-state index is 0.0933. The summed E-state index contributed by atoms with van der Waals surface area (Å²) in [6.07, 6.45) is 2.08. The van der Waals surface area contributed by atoms with Gasteiger partial charge < -0.3 is 4.90 Å². The van der Waals surface area contributed by atoms with Crippen LogP contribution in [0.5, 0.6) is 0 Å². The molecule has 1 aromatic heterocycles. The molecule has 0 aromatic carbocycles. The number of nitrogens with zero attached hydrogens (tertiary/aromatic N) is 3. The zero-order valence-electron chi connectivity index (χ0n) is 9.18. The Labute approximate surface area is 103 Å². The molecule has 1 fully saturated rings. The number of carbonyl (C=O) groups excluding carboxylic acids is 2. The van der Waals surface area contributed by atoms with Crippen molar-refractivity contribution in [2.45, 2.75) is 19.4 Å². The van der Waals surface area contributed by atoms with Crippen molar-refractivity contribution < 1.29 is 9.59 Å². The van der Waals surface area contributed by atoms with E-state index < -0.39 is 6.04 Å². The molecule has 1 aliphatic rings. The van der Waals surface area contributed by atoms with Gasteiger partial charge in [0.05, 0.1) is 6.54 Å². The number of nitrogens with one attached hydrogen (secondary N) is 1. The molecule has 1 atom stereocenters. The van der Waals surface area contributed by atoms with Gasteiger partial charge in [0.1, 0.15) is 11.9 Å². The van der Waals surface area contributed by atoms with Crippen molar-refractivity contribution in [3.05, 3.63) is 17.5 Å².